The minimum Gasteiger partial charge on any atom is -0.393 e. The average molecular weight is 337 g/mol. The molecule has 7 nitrogen and oxygen atoms in total. The van der Waals surface area contributed by atoms with Gasteiger partial charge in [-0.05, 0) is 38.1 Å². The molecule has 2 aromatic heterocycles. The van der Waals surface area contributed by atoms with Crippen molar-refractivity contribution in [1.82, 2.24) is 24.4 Å². The minimum atomic E-state index is 0.546. The van der Waals surface area contributed by atoms with Gasteiger partial charge in [0.25, 0.3) is 0 Å². The number of nitrogens with zero attached hydrogens (tertiary/aromatic N) is 5. The van der Waals surface area contributed by atoms with Crippen LogP contribution in [0, 0.1) is 0 Å². The Morgan fingerprint density at radius 3 is 2.76 bits per heavy atom. The highest BCUT2D eigenvalue weighted by molar-refractivity contribution is 5.80. The first-order valence-electron chi connectivity index (χ1n) is 8.82. The van der Waals surface area contributed by atoms with Gasteiger partial charge in [0.1, 0.15) is 18.3 Å². The first kappa shape index (κ1) is 15.8. The summed E-state index contributed by atoms with van der Waals surface area (Å²) in [6.07, 6.45) is 7.25. The van der Waals surface area contributed by atoms with E-state index in [9.17, 15) is 0 Å². The van der Waals surface area contributed by atoms with E-state index >= 15 is 0 Å². The third kappa shape index (κ3) is 3.28. The molecule has 0 unspecified atom stereocenters. The van der Waals surface area contributed by atoms with Gasteiger partial charge in [0, 0.05) is 13.1 Å². The molecule has 3 N–H and O–H groups in total. The molecule has 0 aliphatic carbocycles. The largest absolute Gasteiger partial charge is 0.393 e. The Bertz CT molecular complexity index is 852. The van der Waals surface area contributed by atoms with Crippen LogP contribution in [0.1, 0.15) is 19.3 Å². The predicted octanol–water partition coefficient (Wildman–Crippen LogP) is 2.30. The van der Waals surface area contributed by atoms with E-state index in [0.717, 1.165) is 24.1 Å². The molecule has 130 valence electrons. The Hall–Kier alpha value is -2.67. The molecule has 3 aromatic rings. The standard InChI is InChI=1S/C18H23N7/c19-16-17(20-8-11-24-9-4-1-5-10-24)21-12-22-18(16)25-13-23-14-6-2-3-7-15(14)25/h2-3,6-7,12-13H,1,4-5,8-11,19H2,(H,20,21,22). The fourth-order valence-corrected chi connectivity index (χ4v) is 3.36. The normalized spacial score (nSPS) is 15.5. The molecule has 1 saturated heterocycles. The Labute approximate surface area is 146 Å². The predicted molar refractivity (Wildman–Crippen MR) is 99.9 cm³/mol. The van der Waals surface area contributed by atoms with Gasteiger partial charge >= 0.3 is 0 Å². The van der Waals surface area contributed by atoms with Crippen LogP contribution in [-0.2, 0) is 0 Å². The molecule has 0 bridgehead atoms. The Morgan fingerprint density at radius 1 is 1.04 bits per heavy atom. The van der Waals surface area contributed by atoms with Crippen LogP contribution in [0.3, 0.4) is 0 Å². The van der Waals surface area contributed by atoms with Gasteiger partial charge in [0.05, 0.1) is 11.0 Å². The lowest BCUT2D eigenvalue weighted by atomic mass is 10.1. The number of nitrogens with one attached hydrogen (secondary N) is 1. The zero-order valence-electron chi connectivity index (χ0n) is 14.2. The number of hydrogen-bond acceptors (Lipinski definition) is 6. The molecule has 0 saturated carbocycles. The van der Waals surface area contributed by atoms with E-state index in [4.69, 9.17) is 5.73 Å². The highest BCUT2D eigenvalue weighted by Gasteiger charge is 2.13. The summed E-state index contributed by atoms with van der Waals surface area (Å²) in [4.78, 5) is 15.6. The van der Waals surface area contributed by atoms with Crippen LogP contribution in [0.5, 0.6) is 0 Å². The number of rotatable bonds is 5. The van der Waals surface area contributed by atoms with Gasteiger partial charge in [0.2, 0.25) is 0 Å². The molecule has 7 heteroatoms. The van der Waals surface area contributed by atoms with E-state index in [-0.39, 0.29) is 0 Å². The van der Waals surface area contributed by atoms with Crippen LogP contribution in [0.4, 0.5) is 11.5 Å². The molecule has 1 fully saturated rings. The SMILES string of the molecule is Nc1c(NCCN2CCCCC2)ncnc1-n1cnc2ccccc21. The van der Waals surface area contributed by atoms with Gasteiger partial charge in [-0.2, -0.15) is 0 Å². The smallest absolute Gasteiger partial charge is 0.167 e. The van der Waals surface area contributed by atoms with Gasteiger partial charge in [-0.25, -0.2) is 15.0 Å². The van der Waals surface area contributed by atoms with E-state index in [2.05, 4.69) is 25.2 Å². The summed E-state index contributed by atoms with van der Waals surface area (Å²) in [6.45, 7) is 4.21. The number of anilines is 2. The fourth-order valence-electron chi connectivity index (χ4n) is 3.36. The number of imidazole rings is 1. The molecule has 3 heterocycles. The molecular formula is C18H23N7. The zero-order valence-corrected chi connectivity index (χ0v) is 14.2. The lowest BCUT2D eigenvalue weighted by molar-refractivity contribution is 0.237. The summed E-state index contributed by atoms with van der Waals surface area (Å²) in [5.41, 5.74) is 8.78. The van der Waals surface area contributed by atoms with Gasteiger partial charge in [-0.15, -0.1) is 0 Å². The van der Waals surface area contributed by atoms with Crippen LogP contribution in [0.25, 0.3) is 16.9 Å². The summed E-state index contributed by atoms with van der Waals surface area (Å²) in [5, 5.41) is 3.36. The minimum absolute atomic E-state index is 0.546. The maximum absolute atomic E-state index is 6.34. The van der Waals surface area contributed by atoms with Crippen molar-refractivity contribution in [1.29, 1.82) is 0 Å². The number of para-hydroxylation sites is 2. The van der Waals surface area contributed by atoms with E-state index in [0.29, 0.717) is 17.3 Å². The lowest BCUT2D eigenvalue weighted by Gasteiger charge is -2.26. The number of likely N-dealkylation sites (tertiary alicyclic amines) is 1. The van der Waals surface area contributed by atoms with Crippen molar-refractivity contribution < 1.29 is 0 Å². The van der Waals surface area contributed by atoms with Gasteiger partial charge < -0.3 is 16.0 Å². The maximum atomic E-state index is 6.34. The quantitative estimate of drug-likeness (QED) is 0.743. The monoisotopic (exact) mass is 337 g/mol. The number of hydrogen-bond donors (Lipinski definition) is 2. The van der Waals surface area contributed by atoms with Crippen LogP contribution in [-0.4, -0.2) is 50.6 Å². The number of fused-ring (bicyclic) bond motifs is 1. The van der Waals surface area contributed by atoms with Crippen LogP contribution < -0.4 is 11.1 Å². The number of piperidine rings is 1. The van der Waals surface area contributed by atoms with Crippen molar-refractivity contribution in [2.45, 2.75) is 19.3 Å². The highest BCUT2D eigenvalue weighted by Crippen LogP contribution is 2.24. The summed E-state index contributed by atoms with van der Waals surface area (Å²) in [5.74, 6) is 1.34. The van der Waals surface area contributed by atoms with Crippen molar-refractivity contribution in [2.24, 2.45) is 0 Å². The topological polar surface area (TPSA) is 84.9 Å². The van der Waals surface area contributed by atoms with E-state index in [1.54, 1.807) is 12.7 Å². The summed E-state index contributed by atoms with van der Waals surface area (Å²) < 4.78 is 1.90. The van der Waals surface area contributed by atoms with Gasteiger partial charge in [-0.3, -0.25) is 4.57 Å². The Morgan fingerprint density at radius 2 is 1.88 bits per heavy atom. The number of aromatic nitrogens is 4. The van der Waals surface area contributed by atoms with Gasteiger partial charge in [0.15, 0.2) is 11.6 Å². The van der Waals surface area contributed by atoms with Crippen LogP contribution in [0.15, 0.2) is 36.9 Å². The first-order chi connectivity index (χ1) is 12.3. The third-order valence-electron chi connectivity index (χ3n) is 4.71. The second-order valence-electron chi connectivity index (χ2n) is 6.39. The lowest BCUT2D eigenvalue weighted by Crippen LogP contribution is -2.33. The average Bonchev–Trinajstić information content (AvgIpc) is 3.08. The summed E-state index contributed by atoms with van der Waals surface area (Å²) in [6, 6.07) is 7.93. The van der Waals surface area contributed by atoms with Crippen molar-refractivity contribution in [2.75, 3.05) is 37.2 Å². The number of nitrogens with two attached hydrogens (primary N) is 1. The van der Waals surface area contributed by atoms with Crippen LogP contribution >= 0.6 is 0 Å². The van der Waals surface area contributed by atoms with Crippen molar-refractivity contribution >= 4 is 22.5 Å². The van der Waals surface area contributed by atoms with Crippen molar-refractivity contribution in [3.8, 4) is 5.82 Å². The molecule has 0 atom stereocenters. The van der Waals surface area contributed by atoms with E-state index in [1.807, 2.05) is 28.8 Å². The summed E-state index contributed by atoms with van der Waals surface area (Å²) in [7, 11) is 0. The second kappa shape index (κ2) is 7.06. The molecular weight excluding hydrogens is 314 g/mol. The fraction of sp³-hybridized carbons (Fsp3) is 0.389. The highest BCUT2D eigenvalue weighted by atomic mass is 15.2. The molecule has 1 aliphatic rings. The van der Waals surface area contributed by atoms with Crippen LogP contribution in [0.2, 0.25) is 0 Å². The Balaban J connectivity index is 1.52. The van der Waals surface area contributed by atoms with Gasteiger partial charge in [-0.1, -0.05) is 18.6 Å². The van der Waals surface area contributed by atoms with E-state index < -0.39 is 0 Å². The number of nitrogen functional groups attached to an aromatic ring is 1. The molecule has 0 spiro atoms. The number of benzene rings is 1. The maximum Gasteiger partial charge on any atom is 0.167 e. The third-order valence-corrected chi connectivity index (χ3v) is 4.71. The molecule has 0 radical (unpaired) electrons. The molecule has 1 aliphatic heterocycles. The first-order valence-corrected chi connectivity index (χ1v) is 8.82. The van der Waals surface area contributed by atoms with Crippen molar-refractivity contribution in [3.63, 3.8) is 0 Å². The molecule has 25 heavy (non-hydrogen) atoms. The molecule has 1 aromatic carbocycles. The molecule has 4 rings (SSSR count). The second-order valence-corrected chi connectivity index (χ2v) is 6.39. The molecule has 0 amide bonds. The Kier molecular flexibility index (Phi) is 4.47. The zero-order chi connectivity index (χ0) is 17.1. The van der Waals surface area contributed by atoms with E-state index in [1.165, 1.54) is 32.4 Å². The summed E-state index contributed by atoms with van der Waals surface area (Å²) >= 11 is 0. The van der Waals surface area contributed by atoms with Crippen molar-refractivity contribution in [3.05, 3.63) is 36.9 Å².